The third-order valence-corrected chi connectivity index (χ3v) is 1.40. The Bertz CT molecular complexity index is 264. The van der Waals surface area contributed by atoms with Gasteiger partial charge in [-0.2, -0.15) is 0 Å². The normalized spacial score (nSPS) is 8.33. The Morgan fingerprint density at radius 3 is 2.17 bits per heavy atom. The molecule has 0 unspecified atom stereocenters. The van der Waals surface area contributed by atoms with Gasteiger partial charge in [0.1, 0.15) is 16.8 Å². The van der Waals surface area contributed by atoms with Crippen molar-refractivity contribution in [1.29, 1.82) is 0 Å². The Balaban J connectivity index is 0.000000127. The van der Waals surface area contributed by atoms with Crippen molar-refractivity contribution in [3.63, 3.8) is 0 Å². The minimum absolute atomic E-state index is 0.572. The van der Waals surface area contributed by atoms with Gasteiger partial charge in [-0.25, -0.2) is 4.98 Å². The minimum atomic E-state index is 0.572. The molecule has 0 saturated heterocycles. The second-order valence-corrected chi connectivity index (χ2v) is 2.53. The molecule has 0 amide bonds. The number of anilines is 1. The first-order valence-corrected chi connectivity index (χ1v) is 4.19. The maximum atomic E-state index is 5.25. The van der Waals surface area contributed by atoms with Crippen LogP contribution in [0.4, 0.5) is 5.82 Å². The zero-order valence-corrected chi connectivity index (χ0v) is 7.11. The van der Waals surface area contributed by atoms with Crippen LogP contribution in [0.3, 0.4) is 0 Å². The van der Waals surface area contributed by atoms with Gasteiger partial charge < -0.3 is 5.73 Å². The van der Waals surface area contributed by atoms with Gasteiger partial charge in [0.2, 0.25) is 0 Å². The lowest BCUT2D eigenvalue weighted by Crippen LogP contribution is -1.85. The van der Waals surface area contributed by atoms with Crippen LogP contribution in [0.2, 0.25) is 0 Å². The molecule has 0 aliphatic rings. The molecule has 2 rings (SSSR count). The van der Waals surface area contributed by atoms with Crippen molar-refractivity contribution in [2.45, 2.75) is 0 Å². The largest absolute Gasteiger partial charge is 0.384 e. The Labute approximate surface area is 74.1 Å². The number of hydrogen-bond acceptors (Lipinski definition) is 5. The van der Waals surface area contributed by atoms with Gasteiger partial charge in [-0.15, -0.1) is 21.5 Å². The van der Waals surface area contributed by atoms with E-state index in [1.54, 1.807) is 23.3 Å². The summed E-state index contributed by atoms with van der Waals surface area (Å²) in [6.07, 6.45) is 1.66. The van der Waals surface area contributed by atoms with Crippen molar-refractivity contribution >= 4 is 17.2 Å². The quantitative estimate of drug-likeness (QED) is 0.661. The average Bonchev–Trinajstić information content (AvgIpc) is 2.62. The predicted molar refractivity (Wildman–Crippen MR) is 48.6 cm³/mol. The van der Waals surface area contributed by atoms with E-state index in [9.17, 15) is 0 Å². The number of nitrogens with two attached hydrogens (primary N) is 1. The van der Waals surface area contributed by atoms with E-state index in [-0.39, 0.29) is 0 Å². The molecular formula is C7H8N4S. The highest BCUT2D eigenvalue weighted by atomic mass is 32.1. The van der Waals surface area contributed by atoms with Gasteiger partial charge in [-0.05, 0) is 12.1 Å². The summed E-state index contributed by atoms with van der Waals surface area (Å²) in [6, 6.07) is 5.43. The Morgan fingerprint density at radius 2 is 1.92 bits per heavy atom. The van der Waals surface area contributed by atoms with Crippen molar-refractivity contribution in [1.82, 2.24) is 15.2 Å². The smallest absolute Gasteiger partial charge is 0.123 e. The van der Waals surface area contributed by atoms with Crippen LogP contribution in [0.25, 0.3) is 0 Å². The maximum Gasteiger partial charge on any atom is 0.123 e. The molecule has 0 radical (unpaired) electrons. The third kappa shape index (κ3) is 3.62. The molecule has 0 spiro atoms. The van der Waals surface area contributed by atoms with Gasteiger partial charge in [0.25, 0.3) is 0 Å². The number of nitrogen functional groups attached to an aromatic ring is 1. The summed E-state index contributed by atoms with van der Waals surface area (Å²) in [7, 11) is 0. The lowest BCUT2D eigenvalue weighted by Gasteiger charge is -1.82. The van der Waals surface area contributed by atoms with Gasteiger partial charge in [0.05, 0.1) is 0 Å². The van der Waals surface area contributed by atoms with Crippen LogP contribution < -0.4 is 5.73 Å². The van der Waals surface area contributed by atoms with Crippen molar-refractivity contribution in [2.75, 3.05) is 5.73 Å². The predicted octanol–water partition coefficient (Wildman–Crippen LogP) is 1.20. The van der Waals surface area contributed by atoms with Gasteiger partial charge in [-0.1, -0.05) is 6.07 Å². The number of pyridine rings is 1. The van der Waals surface area contributed by atoms with Crippen LogP contribution in [-0.2, 0) is 0 Å². The van der Waals surface area contributed by atoms with E-state index in [1.165, 1.54) is 11.3 Å². The van der Waals surface area contributed by atoms with E-state index in [4.69, 9.17) is 5.73 Å². The molecule has 0 aromatic carbocycles. The molecule has 0 bridgehead atoms. The first-order valence-electron chi connectivity index (χ1n) is 3.25. The van der Waals surface area contributed by atoms with Crippen molar-refractivity contribution < 1.29 is 0 Å². The van der Waals surface area contributed by atoms with Crippen molar-refractivity contribution in [3.05, 3.63) is 35.4 Å². The van der Waals surface area contributed by atoms with Crippen molar-refractivity contribution in [3.8, 4) is 0 Å². The summed E-state index contributed by atoms with van der Waals surface area (Å²) in [6.45, 7) is 0. The molecule has 0 aliphatic heterocycles. The summed E-state index contributed by atoms with van der Waals surface area (Å²) >= 11 is 1.49. The molecule has 2 heterocycles. The van der Waals surface area contributed by atoms with E-state index in [0.717, 1.165) is 0 Å². The number of rotatable bonds is 0. The first kappa shape index (κ1) is 8.61. The molecule has 4 nitrogen and oxygen atoms in total. The van der Waals surface area contributed by atoms with Crippen LogP contribution in [0.1, 0.15) is 0 Å². The second kappa shape index (κ2) is 5.20. The minimum Gasteiger partial charge on any atom is -0.384 e. The number of hydrogen-bond donors (Lipinski definition) is 1. The maximum absolute atomic E-state index is 5.25. The highest BCUT2D eigenvalue weighted by Crippen LogP contribution is 1.89. The van der Waals surface area contributed by atoms with E-state index in [2.05, 4.69) is 15.2 Å². The first-order chi connectivity index (χ1) is 5.89. The van der Waals surface area contributed by atoms with E-state index < -0.39 is 0 Å². The Morgan fingerprint density at radius 1 is 1.17 bits per heavy atom. The van der Waals surface area contributed by atoms with Gasteiger partial charge in [-0.3, -0.25) is 0 Å². The van der Waals surface area contributed by atoms with Crippen LogP contribution in [0, 0.1) is 0 Å². The van der Waals surface area contributed by atoms with Crippen LogP contribution >= 0.6 is 11.3 Å². The summed E-state index contributed by atoms with van der Waals surface area (Å²) in [5, 5.41) is 6.98. The fourth-order valence-electron chi connectivity index (χ4n) is 0.512. The van der Waals surface area contributed by atoms with Gasteiger partial charge in [0.15, 0.2) is 0 Å². The lowest BCUT2D eigenvalue weighted by molar-refractivity contribution is 1.09. The molecule has 0 atom stereocenters. The molecule has 0 aliphatic carbocycles. The van der Waals surface area contributed by atoms with Crippen molar-refractivity contribution in [2.24, 2.45) is 0 Å². The molecule has 2 N–H and O–H groups in total. The zero-order valence-electron chi connectivity index (χ0n) is 6.29. The summed E-state index contributed by atoms with van der Waals surface area (Å²) in [4.78, 5) is 3.76. The molecular weight excluding hydrogens is 172 g/mol. The number of aromatic nitrogens is 3. The van der Waals surface area contributed by atoms with Crippen LogP contribution in [0.15, 0.2) is 35.4 Å². The average molecular weight is 180 g/mol. The topological polar surface area (TPSA) is 64.7 Å². The Kier molecular flexibility index (Phi) is 3.73. The zero-order chi connectivity index (χ0) is 8.65. The van der Waals surface area contributed by atoms with Crippen LogP contribution in [0.5, 0.6) is 0 Å². The molecule has 5 heteroatoms. The highest BCUT2D eigenvalue weighted by Gasteiger charge is 1.73. The summed E-state index contributed by atoms with van der Waals surface area (Å²) in [5.74, 6) is 0.572. The SMILES string of the molecule is Nc1ccccn1.c1nncs1. The Hall–Kier alpha value is -1.49. The fourth-order valence-corrected chi connectivity index (χ4v) is 0.784. The molecule has 0 fully saturated rings. The summed E-state index contributed by atoms with van der Waals surface area (Å²) < 4.78 is 0. The van der Waals surface area contributed by atoms with Crippen LogP contribution in [-0.4, -0.2) is 15.2 Å². The van der Waals surface area contributed by atoms with E-state index >= 15 is 0 Å². The number of nitrogens with zero attached hydrogens (tertiary/aromatic N) is 3. The molecule has 0 saturated carbocycles. The molecule has 2 aromatic rings. The standard InChI is InChI=1S/C5H6N2.C2H2N2S/c6-5-3-1-2-4-7-5;1-3-4-2-5-1/h1-4H,(H2,6,7);1-2H. The molecule has 12 heavy (non-hydrogen) atoms. The monoisotopic (exact) mass is 180 g/mol. The van der Waals surface area contributed by atoms with Gasteiger partial charge >= 0.3 is 0 Å². The highest BCUT2D eigenvalue weighted by molar-refractivity contribution is 7.07. The van der Waals surface area contributed by atoms with Gasteiger partial charge in [0, 0.05) is 6.20 Å². The third-order valence-electron chi connectivity index (χ3n) is 0.970. The second-order valence-electron chi connectivity index (χ2n) is 1.83. The van der Waals surface area contributed by atoms with E-state index in [0.29, 0.717) is 5.82 Å². The lowest BCUT2D eigenvalue weighted by atomic mass is 10.5. The fraction of sp³-hybridized carbons (Fsp3) is 0. The molecule has 62 valence electrons. The summed E-state index contributed by atoms with van der Waals surface area (Å²) in [5.41, 5.74) is 8.61. The molecule has 2 aromatic heterocycles. The van der Waals surface area contributed by atoms with E-state index in [1.807, 2.05) is 12.1 Å².